The summed E-state index contributed by atoms with van der Waals surface area (Å²) < 4.78 is 11.2. The highest BCUT2D eigenvalue weighted by atomic mass is 32.1. The molecule has 5 heterocycles. The van der Waals surface area contributed by atoms with Gasteiger partial charge in [-0.1, -0.05) is 48.5 Å². The first-order valence-electron chi connectivity index (χ1n) is 20.4. The van der Waals surface area contributed by atoms with Gasteiger partial charge in [-0.2, -0.15) is 0 Å². The molecule has 12 nitrogen and oxygen atoms in total. The minimum absolute atomic E-state index is 0.00368. The minimum atomic E-state index is -0.503. The number of benzene rings is 4. The topological polar surface area (TPSA) is 165 Å². The smallest absolute Gasteiger partial charge is 0.319 e. The Morgan fingerprint density at radius 2 is 1.54 bits per heavy atom. The van der Waals surface area contributed by atoms with E-state index in [2.05, 4.69) is 69.4 Å². The van der Waals surface area contributed by atoms with Gasteiger partial charge in [-0.25, -0.2) is 19.8 Å². The molecule has 4 aromatic carbocycles. The van der Waals surface area contributed by atoms with Gasteiger partial charge in [0.15, 0.2) is 16.2 Å². The van der Waals surface area contributed by atoms with Gasteiger partial charge in [0.1, 0.15) is 11.5 Å². The van der Waals surface area contributed by atoms with E-state index in [1.165, 1.54) is 21.6 Å². The third-order valence-electron chi connectivity index (χ3n) is 11.2. The molecule has 3 aromatic heterocycles. The summed E-state index contributed by atoms with van der Waals surface area (Å²) in [6, 6.07) is 32.4. The average Bonchev–Trinajstić information content (AvgIpc) is 4.07. The number of furan rings is 1. The van der Waals surface area contributed by atoms with Gasteiger partial charge in [-0.3, -0.25) is 4.90 Å². The molecule has 61 heavy (non-hydrogen) atoms. The number of guanidine groups is 1. The van der Waals surface area contributed by atoms with Crippen molar-refractivity contribution in [1.82, 2.24) is 9.97 Å². The monoisotopic (exact) mass is 849 g/mol. The number of hydrogen-bond acceptors (Lipinski definition) is 10. The second-order valence-electron chi connectivity index (χ2n) is 15.4. The Morgan fingerprint density at radius 1 is 0.836 bits per heavy atom. The second kappa shape index (κ2) is 17.5. The van der Waals surface area contributed by atoms with E-state index in [1.54, 1.807) is 33.8 Å². The predicted octanol–water partition coefficient (Wildman–Crippen LogP) is 8.60. The Hall–Kier alpha value is -6.64. The lowest BCUT2D eigenvalue weighted by Gasteiger charge is -2.37. The number of carbonyl (C=O) groups is 1. The number of thiazole rings is 2. The molecule has 2 aliphatic rings. The van der Waals surface area contributed by atoms with Crippen LogP contribution >= 0.6 is 22.7 Å². The molecule has 0 aliphatic carbocycles. The lowest BCUT2D eigenvalue weighted by Crippen LogP contribution is -2.44. The molecule has 2 amide bonds. The Bertz CT molecular complexity index is 2650. The van der Waals surface area contributed by atoms with Gasteiger partial charge in [0.2, 0.25) is 0 Å². The third-order valence-corrected chi connectivity index (χ3v) is 13.3. The van der Waals surface area contributed by atoms with E-state index in [4.69, 9.17) is 36.3 Å². The number of amides is 2. The first-order valence-corrected chi connectivity index (χ1v) is 22.0. The number of fused-ring (bicyclic) bond motifs is 2. The number of carbonyl (C=O) groups excluding carboxylic acids is 1. The molecule has 1 atom stereocenters. The maximum Gasteiger partial charge on any atom is 0.319 e. The van der Waals surface area contributed by atoms with Gasteiger partial charge in [-0.05, 0) is 95.3 Å². The van der Waals surface area contributed by atoms with Crippen molar-refractivity contribution >= 4 is 56.3 Å². The number of aliphatic imine (C=N–C) groups is 1. The normalized spacial score (nSPS) is 14.6. The summed E-state index contributed by atoms with van der Waals surface area (Å²) in [7, 11) is 0. The number of aromatic nitrogens is 2. The molecule has 0 fully saturated rings. The number of nitrogens with zero attached hydrogens (tertiary/aromatic N) is 6. The summed E-state index contributed by atoms with van der Waals surface area (Å²) in [5, 5.41) is 1.91. The lowest BCUT2D eigenvalue weighted by molar-refractivity contribution is 0.253. The quantitative estimate of drug-likeness (QED) is 0.0761. The van der Waals surface area contributed by atoms with E-state index in [-0.39, 0.29) is 11.9 Å². The summed E-state index contributed by atoms with van der Waals surface area (Å²) >= 11 is 3.40. The van der Waals surface area contributed by atoms with Crippen molar-refractivity contribution < 1.29 is 13.9 Å². The van der Waals surface area contributed by atoms with E-state index in [0.29, 0.717) is 38.5 Å². The lowest BCUT2D eigenvalue weighted by atomic mass is 9.88. The highest BCUT2D eigenvalue weighted by Gasteiger charge is 2.31. The molecule has 310 valence electrons. The van der Waals surface area contributed by atoms with Gasteiger partial charge in [0.25, 0.3) is 0 Å². The van der Waals surface area contributed by atoms with Crippen LogP contribution in [0.4, 0.5) is 26.4 Å². The van der Waals surface area contributed by atoms with E-state index in [0.717, 1.165) is 80.4 Å². The van der Waals surface area contributed by atoms with E-state index in [9.17, 15) is 4.79 Å². The van der Waals surface area contributed by atoms with Crippen LogP contribution in [0.5, 0.6) is 5.75 Å². The number of nitrogens with two attached hydrogens (primary N) is 3. The fourth-order valence-corrected chi connectivity index (χ4v) is 10.2. The zero-order valence-corrected chi connectivity index (χ0v) is 35.5. The fraction of sp³-hybridized carbons (Fsp3) is 0.234. The highest BCUT2D eigenvalue weighted by molar-refractivity contribution is 7.15. The summed E-state index contributed by atoms with van der Waals surface area (Å²) in [5.74, 6) is 1.64. The van der Waals surface area contributed by atoms with Crippen molar-refractivity contribution in [3.63, 3.8) is 0 Å². The predicted molar refractivity (Wildman–Crippen MR) is 245 cm³/mol. The van der Waals surface area contributed by atoms with Crippen molar-refractivity contribution in [2.24, 2.45) is 22.2 Å². The molecule has 0 saturated heterocycles. The van der Waals surface area contributed by atoms with Crippen LogP contribution in [0.1, 0.15) is 56.0 Å². The minimum Gasteiger partial charge on any atom is -0.494 e. The van der Waals surface area contributed by atoms with Gasteiger partial charge < -0.3 is 36.2 Å². The molecule has 9 rings (SSSR count). The van der Waals surface area contributed by atoms with Gasteiger partial charge in [0.05, 0.1) is 18.6 Å². The molecule has 0 saturated carbocycles. The second-order valence-corrected chi connectivity index (χ2v) is 17.6. The molecule has 2 aliphatic heterocycles. The standard InChI is InChI=1S/C47H47N9O3S2/c1-2-58-39-14-7-31(8-15-39)21-40-24-51-46(60-40)54-18-17-32-11-13-38(23-34(32)26-54)56(45(50)57)29-36-28-55(27-35-22-37(53-44(48)49)12-16-42(35)36)47-52-25-41(61-47)20-30-5-9-33(10-6-30)43-4-3-19-59-43/h3-16,19,22-25,36H,2,17-18,20-21,26-29H2,1H3,(H2,50,57)(H4,48,49,53). The first-order chi connectivity index (χ1) is 29.7. The van der Waals surface area contributed by atoms with Crippen LogP contribution in [-0.2, 0) is 32.4 Å². The molecule has 1 unspecified atom stereocenters. The maximum atomic E-state index is 13.4. The zero-order chi connectivity index (χ0) is 41.9. The SMILES string of the molecule is CCOc1ccc(Cc2cnc(N3CCc4ccc(N(CC5CN(c6ncc(Cc7ccc(-c8ccco8)cc7)s6)Cc6cc(N=C(N)N)ccc65)C(N)=O)cc4C3)s2)cc1. The molecule has 6 N–H and O–H groups in total. The summed E-state index contributed by atoms with van der Waals surface area (Å²) in [6.45, 7) is 5.85. The summed E-state index contributed by atoms with van der Waals surface area (Å²) in [4.78, 5) is 36.1. The number of anilines is 3. The Morgan fingerprint density at radius 3 is 2.21 bits per heavy atom. The molecule has 14 heteroatoms. The number of ether oxygens (including phenoxy) is 1. The number of rotatable bonds is 13. The van der Waals surface area contributed by atoms with Crippen molar-refractivity contribution in [3.8, 4) is 17.1 Å². The fourth-order valence-electron chi connectivity index (χ4n) is 8.25. The third kappa shape index (κ3) is 9.10. The Labute approximate surface area is 362 Å². The van der Waals surface area contributed by atoms with Gasteiger partial charge in [-0.15, -0.1) is 22.7 Å². The largest absolute Gasteiger partial charge is 0.494 e. The molecule has 0 bridgehead atoms. The van der Waals surface area contributed by atoms with E-state index >= 15 is 0 Å². The highest BCUT2D eigenvalue weighted by Crippen LogP contribution is 2.38. The Balaban J connectivity index is 0.926. The van der Waals surface area contributed by atoms with Crippen molar-refractivity contribution in [1.29, 1.82) is 0 Å². The van der Waals surface area contributed by atoms with Crippen LogP contribution in [0.25, 0.3) is 11.3 Å². The van der Waals surface area contributed by atoms with Crippen LogP contribution < -0.4 is 36.6 Å². The zero-order valence-electron chi connectivity index (χ0n) is 33.9. The van der Waals surface area contributed by atoms with E-state index < -0.39 is 6.03 Å². The van der Waals surface area contributed by atoms with Crippen molar-refractivity contribution in [2.45, 2.75) is 45.2 Å². The number of primary amides is 1. The van der Waals surface area contributed by atoms with Gasteiger partial charge >= 0.3 is 6.03 Å². The summed E-state index contributed by atoms with van der Waals surface area (Å²) in [5.41, 5.74) is 27.3. The number of hydrogen-bond donors (Lipinski definition) is 3. The van der Waals surface area contributed by atoms with Crippen LogP contribution in [0.2, 0.25) is 0 Å². The van der Waals surface area contributed by atoms with Crippen LogP contribution in [0.15, 0.2) is 125 Å². The molecular formula is C47H47N9O3S2. The number of urea groups is 1. The van der Waals surface area contributed by atoms with E-state index in [1.807, 2.05) is 61.8 Å². The first kappa shape index (κ1) is 39.8. The molecule has 0 radical (unpaired) electrons. The Kier molecular flexibility index (Phi) is 11.4. The van der Waals surface area contributed by atoms with Crippen LogP contribution in [-0.4, -0.2) is 48.2 Å². The van der Waals surface area contributed by atoms with Gasteiger partial charge in [0, 0.05) is 84.9 Å². The van der Waals surface area contributed by atoms with Crippen molar-refractivity contribution in [3.05, 3.63) is 159 Å². The van der Waals surface area contributed by atoms with Crippen molar-refractivity contribution in [2.75, 3.05) is 40.9 Å². The molecule has 0 spiro atoms. The maximum absolute atomic E-state index is 13.4. The summed E-state index contributed by atoms with van der Waals surface area (Å²) in [6.07, 6.45) is 8.09. The average molecular weight is 850 g/mol. The van der Waals surface area contributed by atoms with Crippen LogP contribution in [0.3, 0.4) is 0 Å². The van der Waals surface area contributed by atoms with Crippen LogP contribution in [0, 0.1) is 0 Å². The molecular weight excluding hydrogens is 803 g/mol. The molecule has 7 aromatic rings.